The minimum absolute atomic E-state index is 0.126. The molecule has 1 aromatic rings. The van der Waals surface area contributed by atoms with Crippen molar-refractivity contribution in [2.45, 2.75) is 24.1 Å². The summed E-state index contributed by atoms with van der Waals surface area (Å²) in [5, 5.41) is 0. The standard InChI is InChI=1S/C7H12N4OS2/c1-5-9-7(14-11-5)13-4-2-3-6(12)10-8/h2-4,8H2,1H3,(H,10,12). The van der Waals surface area contributed by atoms with E-state index in [1.54, 1.807) is 11.8 Å². The molecule has 0 atom stereocenters. The van der Waals surface area contributed by atoms with Crippen LogP contribution in [0.15, 0.2) is 4.34 Å². The SMILES string of the molecule is Cc1nsc(SCCCC(=O)NN)n1. The Bertz CT molecular complexity index is 302. The fraction of sp³-hybridized carbons (Fsp3) is 0.571. The number of nitrogens with two attached hydrogens (primary N) is 1. The molecule has 1 rings (SSSR count). The molecular formula is C7H12N4OS2. The minimum Gasteiger partial charge on any atom is -0.294 e. The largest absolute Gasteiger partial charge is 0.294 e. The molecule has 3 N–H and O–H groups in total. The predicted molar refractivity (Wildman–Crippen MR) is 56.9 cm³/mol. The van der Waals surface area contributed by atoms with Crippen LogP contribution in [0.5, 0.6) is 0 Å². The second-order valence-corrected chi connectivity index (χ2v) is 4.72. The van der Waals surface area contributed by atoms with Crippen molar-refractivity contribution in [3.05, 3.63) is 5.82 Å². The topological polar surface area (TPSA) is 80.9 Å². The molecule has 0 saturated carbocycles. The van der Waals surface area contributed by atoms with E-state index < -0.39 is 0 Å². The van der Waals surface area contributed by atoms with Crippen LogP contribution in [0.3, 0.4) is 0 Å². The molecule has 0 fully saturated rings. The minimum atomic E-state index is -0.126. The average molecular weight is 232 g/mol. The lowest BCUT2D eigenvalue weighted by atomic mass is 10.3. The number of nitrogens with one attached hydrogen (secondary N) is 1. The van der Waals surface area contributed by atoms with E-state index in [0.717, 1.165) is 22.3 Å². The Balaban J connectivity index is 2.13. The molecule has 0 saturated heterocycles. The van der Waals surface area contributed by atoms with Gasteiger partial charge in [-0.25, -0.2) is 10.8 Å². The second kappa shape index (κ2) is 5.94. The molecule has 1 amide bonds. The Labute approximate surface area is 90.6 Å². The van der Waals surface area contributed by atoms with Gasteiger partial charge in [-0.1, -0.05) is 11.8 Å². The molecule has 0 aliphatic carbocycles. The van der Waals surface area contributed by atoms with Gasteiger partial charge in [0.05, 0.1) is 0 Å². The van der Waals surface area contributed by atoms with Crippen LogP contribution in [0.2, 0.25) is 0 Å². The Morgan fingerprint density at radius 3 is 3.07 bits per heavy atom. The number of hydrogen-bond acceptors (Lipinski definition) is 6. The molecule has 14 heavy (non-hydrogen) atoms. The van der Waals surface area contributed by atoms with E-state index in [9.17, 15) is 4.79 Å². The van der Waals surface area contributed by atoms with Crippen molar-refractivity contribution in [3.8, 4) is 0 Å². The first-order valence-corrected chi connectivity index (χ1v) is 5.91. The third-order valence-electron chi connectivity index (χ3n) is 1.44. The van der Waals surface area contributed by atoms with Crippen LogP contribution in [0.25, 0.3) is 0 Å². The third-order valence-corrected chi connectivity index (χ3v) is 3.45. The van der Waals surface area contributed by atoms with E-state index >= 15 is 0 Å². The first-order valence-electron chi connectivity index (χ1n) is 4.15. The molecule has 0 spiro atoms. The molecule has 0 aliphatic rings. The first kappa shape index (κ1) is 11.4. The summed E-state index contributed by atoms with van der Waals surface area (Å²) in [7, 11) is 0. The third kappa shape index (κ3) is 4.03. The summed E-state index contributed by atoms with van der Waals surface area (Å²) in [6, 6.07) is 0. The molecule has 0 aromatic carbocycles. The van der Waals surface area contributed by atoms with Gasteiger partial charge in [0, 0.05) is 12.2 Å². The first-order chi connectivity index (χ1) is 6.72. The van der Waals surface area contributed by atoms with E-state index in [0.29, 0.717) is 6.42 Å². The summed E-state index contributed by atoms with van der Waals surface area (Å²) in [5.74, 6) is 6.48. The number of carbonyl (C=O) groups is 1. The van der Waals surface area contributed by atoms with E-state index in [-0.39, 0.29) is 5.91 Å². The fourth-order valence-electron chi connectivity index (χ4n) is 0.801. The van der Waals surface area contributed by atoms with Crippen LogP contribution < -0.4 is 11.3 Å². The smallest absolute Gasteiger partial charge is 0.233 e. The highest BCUT2D eigenvalue weighted by Crippen LogP contribution is 2.20. The highest BCUT2D eigenvalue weighted by molar-refractivity contribution is 8.00. The maximum absolute atomic E-state index is 10.8. The molecular weight excluding hydrogens is 220 g/mol. The molecule has 0 radical (unpaired) electrons. The number of amides is 1. The van der Waals surface area contributed by atoms with Crippen molar-refractivity contribution in [1.29, 1.82) is 0 Å². The average Bonchev–Trinajstić information content (AvgIpc) is 2.58. The van der Waals surface area contributed by atoms with Gasteiger partial charge in [-0.3, -0.25) is 10.2 Å². The van der Waals surface area contributed by atoms with Crippen LogP contribution in [-0.4, -0.2) is 21.0 Å². The van der Waals surface area contributed by atoms with Crippen LogP contribution >= 0.6 is 23.3 Å². The van der Waals surface area contributed by atoms with Crippen molar-refractivity contribution in [3.63, 3.8) is 0 Å². The molecule has 78 valence electrons. The molecule has 0 bridgehead atoms. The summed E-state index contributed by atoms with van der Waals surface area (Å²) in [5.41, 5.74) is 2.09. The van der Waals surface area contributed by atoms with Gasteiger partial charge in [0.2, 0.25) is 5.91 Å². The number of thioether (sulfide) groups is 1. The highest BCUT2D eigenvalue weighted by Gasteiger charge is 2.02. The Kier molecular flexibility index (Phi) is 4.85. The zero-order valence-corrected chi connectivity index (χ0v) is 9.45. The summed E-state index contributed by atoms with van der Waals surface area (Å²) in [4.78, 5) is 14.9. The van der Waals surface area contributed by atoms with Gasteiger partial charge in [-0.05, 0) is 24.9 Å². The van der Waals surface area contributed by atoms with Crippen molar-refractivity contribution < 1.29 is 4.79 Å². The summed E-state index contributed by atoms with van der Waals surface area (Å²) >= 11 is 3.01. The van der Waals surface area contributed by atoms with E-state index in [1.165, 1.54) is 11.5 Å². The lowest BCUT2D eigenvalue weighted by Gasteiger charge is -1.97. The lowest BCUT2D eigenvalue weighted by molar-refractivity contribution is -0.121. The predicted octanol–water partition coefficient (Wildman–Crippen LogP) is 0.709. The molecule has 0 aliphatic heterocycles. The van der Waals surface area contributed by atoms with E-state index in [4.69, 9.17) is 5.84 Å². The number of carbonyl (C=O) groups excluding carboxylic acids is 1. The van der Waals surface area contributed by atoms with Crippen molar-refractivity contribution in [1.82, 2.24) is 14.8 Å². The number of hydrazine groups is 1. The van der Waals surface area contributed by atoms with Crippen LogP contribution in [-0.2, 0) is 4.79 Å². The van der Waals surface area contributed by atoms with E-state index in [1.807, 2.05) is 6.92 Å². The molecule has 5 nitrogen and oxygen atoms in total. The van der Waals surface area contributed by atoms with Gasteiger partial charge >= 0.3 is 0 Å². The van der Waals surface area contributed by atoms with Gasteiger partial charge in [-0.15, -0.1) is 0 Å². The highest BCUT2D eigenvalue weighted by atomic mass is 32.2. The van der Waals surface area contributed by atoms with E-state index in [2.05, 4.69) is 14.8 Å². The van der Waals surface area contributed by atoms with Crippen molar-refractivity contribution in [2.24, 2.45) is 5.84 Å². The molecule has 7 heteroatoms. The normalized spacial score (nSPS) is 10.1. The maximum atomic E-state index is 10.8. The summed E-state index contributed by atoms with van der Waals surface area (Å²) < 4.78 is 5.01. The fourth-order valence-corrected chi connectivity index (χ4v) is 2.46. The second-order valence-electron chi connectivity index (χ2n) is 2.63. The molecule has 1 heterocycles. The van der Waals surface area contributed by atoms with Crippen molar-refractivity contribution in [2.75, 3.05) is 5.75 Å². The van der Waals surface area contributed by atoms with Crippen LogP contribution in [0.4, 0.5) is 0 Å². The Morgan fingerprint density at radius 1 is 1.71 bits per heavy atom. The number of aromatic nitrogens is 2. The quantitative estimate of drug-likeness (QED) is 0.257. The Hall–Kier alpha value is -0.660. The number of rotatable bonds is 5. The van der Waals surface area contributed by atoms with Crippen LogP contribution in [0.1, 0.15) is 18.7 Å². The summed E-state index contributed by atoms with van der Waals surface area (Å²) in [6.07, 6.45) is 1.26. The monoisotopic (exact) mass is 232 g/mol. The zero-order chi connectivity index (χ0) is 10.4. The number of hydrogen-bond donors (Lipinski definition) is 2. The van der Waals surface area contributed by atoms with Crippen molar-refractivity contribution >= 4 is 29.2 Å². The van der Waals surface area contributed by atoms with Gasteiger partial charge in [-0.2, -0.15) is 4.37 Å². The maximum Gasteiger partial charge on any atom is 0.233 e. The van der Waals surface area contributed by atoms with Gasteiger partial charge in [0.15, 0.2) is 4.34 Å². The number of aryl methyl sites for hydroxylation is 1. The lowest BCUT2D eigenvalue weighted by Crippen LogP contribution is -2.29. The zero-order valence-electron chi connectivity index (χ0n) is 7.82. The van der Waals surface area contributed by atoms with Crippen LogP contribution in [0, 0.1) is 6.92 Å². The molecule has 0 unspecified atom stereocenters. The molecule has 1 aromatic heterocycles. The number of nitrogens with zero attached hydrogens (tertiary/aromatic N) is 2. The van der Waals surface area contributed by atoms with Gasteiger partial charge < -0.3 is 0 Å². The van der Waals surface area contributed by atoms with Gasteiger partial charge in [0.1, 0.15) is 5.82 Å². The summed E-state index contributed by atoms with van der Waals surface area (Å²) in [6.45, 7) is 1.86. The van der Waals surface area contributed by atoms with Gasteiger partial charge in [0.25, 0.3) is 0 Å². The Morgan fingerprint density at radius 2 is 2.50 bits per heavy atom.